The molecule has 0 spiro atoms. The summed E-state index contributed by atoms with van der Waals surface area (Å²) in [6, 6.07) is 9.26. The molecule has 2 heterocycles. The van der Waals surface area contributed by atoms with Crippen LogP contribution in [-0.2, 0) is 35.1 Å². The number of carbonyl (C=O) groups is 1. The van der Waals surface area contributed by atoms with Gasteiger partial charge in [-0.1, -0.05) is 19.6 Å². The Kier molecular flexibility index (Phi) is 6.35. The Morgan fingerprint density at radius 1 is 1.11 bits per heavy atom. The Morgan fingerprint density at radius 3 is 2.50 bits per heavy atom. The topological polar surface area (TPSA) is 167 Å². The second-order valence-corrected chi connectivity index (χ2v) is 12.7. The Labute approximate surface area is 223 Å². The first-order chi connectivity index (χ1) is 17.7. The van der Waals surface area contributed by atoms with Crippen LogP contribution in [0.15, 0.2) is 80.9 Å². The Balaban J connectivity index is 1.42. The maximum atomic E-state index is 13.1. The fourth-order valence-corrected chi connectivity index (χ4v) is 6.08. The van der Waals surface area contributed by atoms with E-state index in [4.69, 9.17) is 0 Å². The van der Waals surface area contributed by atoms with Crippen molar-refractivity contribution in [2.45, 2.75) is 54.4 Å². The minimum Gasteiger partial charge on any atom is -0.871 e. The first-order valence-corrected chi connectivity index (χ1v) is 13.8. The lowest BCUT2D eigenvalue weighted by atomic mass is 9.77. The van der Waals surface area contributed by atoms with Crippen LogP contribution in [0.1, 0.15) is 38.8 Å². The molecule has 2 aromatic rings. The summed E-state index contributed by atoms with van der Waals surface area (Å²) in [7, 11) is -4.61. The number of fused-ring (bicyclic) bond motifs is 2. The Hall–Kier alpha value is -2.97. The molecule has 2 aromatic carbocycles. The number of carbonyl (C=O) groups excluding carboxylic acids is 1. The monoisotopic (exact) mass is 556 g/mol. The molecule has 0 fully saturated rings. The molecule has 2 aliphatic heterocycles. The Morgan fingerprint density at radius 2 is 1.84 bits per heavy atom. The number of Topliss-reactive ketones (excluding diaryl/α,β-unsaturated/α-hetero) is 1. The lowest BCUT2D eigenvalue weighted by Crippen LogP contribution is -2.84. The average Bonchev–Trinajstić information content (AvgIpc) is 3.26. The molecule has 3 aliphatic rings. The van der Waals surface area contributed by atoms with E-state index in [1.165, 1.54) is 12.1 Å². The number of benzene rings is 2. The van der Waals surface area contributed by atoms with Gasteiger partial charge in [0.1, 0.15) is 21.8 Å². The fraction of sp³-hybridized carbons (Fsp3) is 0.269. The molecule has 0 saturated carbocycles. The van der Waals surface area contributed by atoms with E-state index in [0.717, 1.165) is 29.0 Å². The van der Waals surface area contributed by atoms with Crippen molar-refractivity contribution in [2.24, 2.45) is 0 Å². The summed E-state index contributed by atoms with van der Waals surface area (Å²) in [5, 5.41) is 31.8. The van der Waals surface area contributed by atoms with Crippen molar-refractivity contribution in [2.75, 3.05) is 5.32 Å². The average molecular weight is 557 g/mol. The summed E-state index contributed by atoms with van der Waals surface area (Å²) in [6.07, 6.45) is 3.21. The lowest BCUT2D eigenvalue weighted by molar-refractivity contribution is -0.777. The van der Waals surface area contributed by atoms with Gasteiger partial charge in [-0.05, 0) is 61.9 Å². The fourth-order valence-electron chi connectivity index (χ4n) is 5.19. The number of nitrogens with one attached hydrogen (secondary N) is 1. The minimum absolute atomic E-state index is 0.0744. The first kappa shape index (κ1) is 26.6. The zero-order chi connectivity index (χ0) is 27.6. The zero-order valence-corrected chi connectivity index (χ0v) is 22.5. The van der Waals surface area contributed by atoms with Crippen LogP contribution in [0, 0.1) is 0 Å². The highest BCUT2D eigenvalue weighted by atomic mass is 32.2. The van der Waals surface area contributed by atoms with Crippen LogP contribution in [0.25, 0.3) is 0 Å². The molecule has 38 heavy (non-hydrogen) atoms. The van der Waals surface area contributed by atoms with Crippen LogP contribution in [-0.4, -0.2) is 24.8 Å². The number of allylic oxidation sites excluding steroid dienone is 4. The van der Waals surface area contributed by atoms with E-state index in [0.29, 0.717) is 16.2 Å². The third kappa shape index (κ3) is 4.28. The van der Waals surface area contributed by atoms with E-state index in [9.17, 15) is 28.1 Å². The van der Waals surface area contributed by atoms with E-state index >= 15 is 0 Å². The first-order valence-electron chi connectivity index (χ1n) is 11.7. The van der Waals surface area contributed by atoms with Crippen molar-refractivity contribution in [1.82, 2.24) is 0 Å². The van der Waals surface area contributed by atoms with Crippen LogP contribution in [0.3, 0.4) is 0 Å². The molecule has 0 radical (unpaired) electrons. The number of anilines is 1. The molecule has 0 aromatic heterocycles. The van der Waals surface area contributed by atoms with Crippen molar-refractivity contribution in [1.29, 1.82) is 0 Å². The van der Waals surface area contributed by atoms with Gasteiger partial charge in [-0.15, -0.1) is 0 Å². The highest BCUT2D eigenvalue weighted by Crippen LogP contribution is 2.46. The molecular formula is C26H24N2O8S2-2. The standard InChI is InChI=1S/C26H26N2O8S2/c1-25(2)17-9-13(37-36-35-31)5-7-19(17)27-21(25)11-15-23(29)16(24(15)30)12-22-26(3,4)18-10-14(38(32,33)34)6-8-20(18)28-22/h5-12,22,27-29,31H,1-4H3,(H,32,33,34)/p-2. The van der Waals surface area contributed by atoms with Gasteiger partial charge in [0, 0.05) is 44.5 Å². The second-order valence-electron chi connectivity index (χ2n) is 10.5. The molecule has 5 rings (SSSR count). The largest absolute Gasteiger partial charge is 0.871 e. The predicted molar refractivity (Wildman–Crippen MR) is 132 cm³/mol. The van der Waals surface area contributed by atoms with Gasteiger partial charge in [0.2, 0.25) is 0 Å². The highest BCUT2D eigenvalue weighted by molar-refractivity contribution is 7.94. The van der Waals surface area contributed by atoms with Gasteiger partial charge in [-0.3, -0.25) is 9.83 Å². The third-order valence-corrected chi connectivity index (χ3v) is 8.98. The van der Waals surface area contributed by atoms with Crippen molar-refractivity contribution in [3.8, 4) is 0 Å². The molecule has 0 bridgehead atoms. The predicted octanol–water partition coefficient (Wildman–Crippen LogP) is 1.09. The van der Waals surface area contributed by atoms with E-state index < -0.39 is 20.9 Å². The van der Waals surface area contributed by atoms with E-state index in [2.05, 4.69) is 14.7 Å². The smallest absolute Gasteiger partial charge is 0.191 e. The molecule has 12 heteroatoms. The molecule has 0 saturated heterocycles. The van der Waals surface area contributed by atoms with Gasteiger partial charge in [0.05, 0.1) is 22.4 Å². The van der Waals surface area contributed by atoms with E-state index in [-0.39, 0.29) is 33.6 Å². The molecule has 1 aliphatic carbocycles. The molecule has 10 nitrogen and oxygen atoms in total. The second kappa shape index (κ2) is 9.06. The molecule has 3 N–H and O–H groups in total. The van der Waals surface area contributed by atoms with Crippen LogP contribution < -0.4 is 21.0 Å². The highest BCUT2D eigenvalue weighted by Gasteiger charge is 2.44. The number of nitrogens with two attached hydrogens (primary N) is 1. The van der Waals surface area contributed by atoms with Crippen LogP contribution in [0.4, 0.5) is 11.4 Å². The minimum atomic E-state index is -4.61. The van der Waals surface area contributed by atoms with Gasteiger partial charge in [0.25, 0.3) is 0 Å². The van der Waals surface area contributed by atoms with Gasteiger partial charge >= 0.3 is 0 Å². The summed E-state index contributed by atoms with van der Waals surface area (Å²) in [5.74, 6) is -0.729. The summed E-state index contributed by atoms with van der Waals surface area (Å²) in [6.45, 7) is 7.65. The Bertz CT molecular complexity index is 1570. The van der Waals surface area contributed by atoms with E-state index in [1.807, 2.05) is 45.1 Å². The quantitative estimate of drug-likeness (QED) is 0.131. The maximum absolute atomic E-state index is 13.1. The van der Waals surface area contributed by atoms with Gasteiger partial charge in [-0.2, -0.15) is 4.33 Å². The lowest BCUT2D eigenvalue weighted by Gasteiger charge is -2.32. The van der Waals surface area contributed by atoms with Crippen molar-refractivity contribution < 1.29 is 42.8 Å². The van der Waals surface area contributed by atoms with Gasteiger partial charge in [0.15, 0.2) is 5.78 Å². The number of rotatable bonds is 6. The van der Waals surface area contributed by atoms with Crippen molar-refractivity contribution >= 4 is 39.3 Å². The van der Waals surface area contributed by atoms with Crippen molar-refractivity contribution in [3.05, 3.63) is 82.3 Å². The molecule has 1 unspecified atom stereocenters. The summed E-state index contributed by atoms with van der Waals surface area (Å²) in [5.41, 5.74) is 2.78. The van der Waals surface area contributed by atoms with E-state index in [1.54, 1.807) is 24.3 Å². The molecule has 200 valence electrons. The number of quaternary nitrogens is 1. The summed E-state index contributed by atoms with van der Waals surface area (Å²) in [4.78, 5) is 13.4. The van der Waals surface area contributed by atoms with Crippen LogP contribution in [0.2, 0.25) is 0 Å². The third-order valence-electron chi connectivity index (χ3n) is 7.58. The summed E-state index contributed by atoms with van der Waals surface area (Å²) < 4.78 is 38.9. The number of hydrogen-bond acceptors (Lipinski definition) is 10. The van der Waals surface area contributed by atoms with Crippen molar-refractivity contribution in [3.63, 3.8) is 0 Å². The van der Waals surface area contributed by atoms with Gasteiger partial charge < -0.3 is 25.6 Å². The molecular weight excluding hydrogens is 532 g/mol. The molecule has 0 amide bonds. The normalized spacial score (nSPS) is 23.4. The SMILES string of the molecule is CC1(C)C(=CC2=C([O-])C(=CC3[NH2+]c4ccc(S(=O)(=O)[O-])cc4C3(C)C)C2=O)Nc2ccc(SOO[O-])cc21. The number of hydrogen-bond donors (Lipinski definition) is 2. The maximum Gasteiger partial charge on any atom is 0.191 e. The zero-order valence-electron chi connectivity index (χ0n) is 20.9. The summed E-state index contributed by atoms with van der Waals surface area (Å²) >= 11 is 0.780. The number of ketones is 1. The molecule has 1 atom stereocenters. The van der Waals surface area contributed by atoms with Crippen LogP contribution in [0.5, 0.6) is 0 Å². The van der Waals surface area contributed by atoms with Crippen LogP contribution >= 0.6 is 12.0 Å². The van der Waals surface area contributed by atoms with Gasteiger partial charge in [-0.25, -0.2) is 8.42 Å².